The summed E-state index contributed by atoms with van der Waals surface area (Å²) in [4.78, 5) is 2.44. The zero-order valence-corrected chi connectivity index (χ0v) is 17.4. The Morgan fingerprint density at radius 1 is 1.07 bits per heavy atom. The molecule has 5 rings (SSSR count). The largest absolute Gasteiger partial charge is 0.497 e. The highest BCUT2D eigenvalue weighted by molar-refractivity contribution is 9.10. The third kappa shape index (κ3) is 3.26. The van der Waals surface area contributed by atoms with Gasteiger partial charge in [-0.05, 0) is 74.2 Å². The predicted octanol–water partition coefficient (Wildman–Crippen LogP) is 4.19. The molecule has 27 heavy (non-hydrogen) atoms. The summed E-state index contributed by atoms with van der Waals surface area (Å²) in [5.41, 5.74) is 0.462. The van der Waals surface area contributed by atoms with Gasteiger partial charge in [0.2, 0.25) is 0 Å². The summed E-state index contributed by atoms with van der Waals surface area (Å²) in [6, 6.07) is 13.7. The maximum absolute atomic E-state index is 12.4. The lowest BCUT2D eigenvalue weighted by Gasteiger charge is -2.52. The zero-order chi connectivity index (χ0) is 19.0. The molecule has 1 N–H and O–H groups in total. The summed E-state index contributed by atoms with van der Waals surface area (Å²) in [5.74, 6) is 2.12. The molecular weight excluding hydrogens is 406 g/mol. The van der Waals surface area contributed by atoms with Crippen LogP contribution in [-0.2, 0) is 5.60 Å². The summed E-state index contributed by atoms with van der Waals surface area (Å²) in [7, 11) is 3.32. The summed E-state index contributed by atoms with van der Waals surface area (Å²) in [6.07, 6.45) is 3.43. The SMILES string of the molecule is COc1cccc([C@@](O)(c2cc(Br)ccc2OC)C2CC3CCN2CC3)c1. The van der Waals surface area contributed by atoms with E-state index in [2.05, 4.69) is 20.8 Å². The molecule has 3 aliphatic rings. The first kappa shape index (κ1) is 18.8. The minimum Gasteiger partial charge on any atom is -0.497 e. The number of rotatable bonds is 5. The van der Waals surface area contributed by atoms with Gasteiger partial charge < -0.3 is 14.6 Å². The lowest BCUT2D eigenvalue weighted by Crippen LogP contribution is -2.58. The second-order valence-corrected chi connectivity index (χ2v) is 8.49. The predicted molar refractivity (Wildman–Crippen MR) is 109 cm³/mol. The molecule has 0 aromatic heterocycles. The van der Waals surface area contributed by atoms with Gasteiger partial charge >= 0.3 is 0 Å². The number of hydrogen-bond acceptors (Lipinski definition) is 4. The van der Waals surface area contributed by atoms with Gasteiger partial charge in [-0.25, -0.2) is 0 Å². The topological polar surface area (TPSA) is 41.9 Å². The van der Waals surface area contributed by atoms with Crippen molar-refractivity contribution in [1.29, 1.82) is 0 Å². The van der Waals surface area contributed by atoms with Crippen molar-refractivity contribution in [3.05, 3.63) is 58.1 Å². The number of nitrogens with zero attached hydrogens (tertiary/aromatic N) is 1. The maximum Gasteiger partial charge on any atom is 0.134 e. The van der Waals surface area contributed by atoms with Crippen LogP contribution in [0.4, 0.5) is 0 Å². The smallest absolute Gasteiger partial charge is 0.134 e. The van der Waals surface area contributed by atoms with Crippen molar-refractivity contribution in [2.24, 2.45) is 5.92 Å². The number of hydrogen-bond donors (Lipinski definition) is 1. The molecule has 4 nitrogen and oxygen atoms in total. The van der Waals surface area contributed by atoms with Crippen LogP contribution in [0.25, 0.3) is 0 Å². The van der Waals surface area contributed by atoms with Gasteiger partial charge in [-0.3, -0.25) is 4.90 Å². The molecule has 3 heterocycles. The highest BCUT2D eigenvalue weighted by Crippen LogP contribution is 2.47. The lowest BCUT2D eigenvalue weighted by atomic mass is 9.70. The summed E-state index contributed by atoms with van der Waals surface area (Å²) >= 11 is 3.58. The summed E-state index contributed by atoms with van der Waals surface area (Å²) in [6.45, 7) is 2.08. The first-order valence-electron chi connectivity index (χ1n) is 9.51. The number of methoxy groups -OCH3 is 2. The van der Waals surface area contributed by atoms with Crippen LogP contribution in [0, 0.1) is 5.92 Å². The van der Waals surface area contributed by atoms with E-state index in [-0.39, 0.29) is 6.04 Å². The minimum atomic E-state index is -1.18. The molecule has 3 aliphatic heterocycles. The van der Waals surface area contributed by atoms with Gasteiger partial charge in [0.05, 0.1) is 14.2 Å². The van der Waals surface area contributed by atoms with E-state index >= 15 is 0 Å². The van der Waals surface area contributed by atoms with Gasteiger partial charge in [-0.2, -0.15) is 0 Å². The first-order chi connectivity index (χ1) is 13.1. The van der Waals surface area contributed by atoms with Crippen LogP contribution in [0.5, 0.6) is 11.5 Å². The average Bonchev–Trinajstić information content (AvgIpc) is 2.74. The monoisotopic (exact) mass is 431 g/mol. The summed E-state index contributed by atoms with van der Waals surface area (Å²) in [5, 5.41) is 12.4. The van der Waals surface area contributed by atoms with Crippen LogP contribution in [0.3, 0.4) is 0 Å². The second kappa shape index (κ2) is 7.46. The fraction of sp³-hybridized carbons (Fsp3) is 0.455. The number of aliphatic hydroxyl groups is 1. The van der Waals surface area contributed by atoms with Crippen molar-refractivity contribution in [2.75, 3.05) is 27.3 Å². The van der Waals surface area contributed by atoms with E-state index in [1.165, 1.54) is 12.8 Å². The molecule has 2 bridgehead atoms. The van der Waals surface area contributed by atoms with Crippen molar-refractivity contribution in [2.45, 2.75) is 30.9 Å². The van der Waals surface area contributed by atoms with Gasteiger partial charge in [-0.1, -0.05) is 28.1 Å². The van der Waals surface area contributed by atoms with Crippen LogP contribution in [0.15, 0.2) is 46.9 Å². The normalized spacial score (nSPS) is 26.4. The van der Waals surface area contributed by atoms with Gasteiger partial charge in [-0.15, -0.1) is 0 Å². The van der Waals surface area contributed by atoms with E-state index in [0.717, 1.165) is 40.9 Å². The quantitative estimate of drug-likeness (QED) is 0.770. The van der Waals surface area contributed by atoms with Gasteiger partial charge in [0.15, 0.2) is 0 Å². The highest BCUT2D eigenvalue weighted by Gasteiger charge is 2.49. The molecule has 2 atom stereocenters. The Kier molecular flexibility index (Phi) is 5.19. The first-order valence-corrected chi connectivity index (χ1v) is 10.3. The Balaban J connectivity index is 1.91. The van der Waals surface area contributed by atoms with Crippen LogP contribution in [0.1, 0.15) is 30.4 Å². The molecule has 0 radical (unpaired) electrons. The third-order valence-corrected chi connectivity index (χ3v) is 6.70. The number of fused-ring (bicyclic) bond motifs is 3. The van der Waals surface area contributed by atoms with E-state index in [1.54, 1.807) is 14.2 Å². The van der Waals surface area contributed by atoms with Crippen molar-refractivity contribution in [3.63, 3.8) is 0 Å². The molecule has 3 fully saturated rings. The van der Waals surface area contributed by atoms with Crippen molar-refractivity contribution >= 4 is 15.9 Å². The van der Waals surface area contributed by atoms with Crippen LogP contribution in [-0.4, -0.2) is 43.4 Å². The van der Waals surface area contributed by atoms with Gasteiger partial charge in [0, 0.05) is 16.1 Å². The van der Waals surface area contributed by atoms with E-state index in [0.29, 0.717) is 11.7 Å². The zero-order valence-electron chi connectivity index (χ0n) is 15.8. The Hall–Kier alpha value is -1.56. The van der Waals surface area contributed by atoms with Crippen LogP contribution >= 0.6 is 15.9 Å². The molecule has 1 unspecified atom stereocenters. The number of halogens is 1. The molecule has 0 saturated carbocycles. The minimum absolute atomic E-state index is 0.0142. The molecule has 3 saturated heterocycles. The number of ether oxygens (including phenoxy) is 2. The second-order valence-electron chi connectivity index (χ2n) is 7.57. The van der Waals surface area contributed by atoms with Crippen LogP contribution < -0.4 is 9.47 Å². The van der Waals surface area contributed by atoms with E-state index in [9.17, 15) is 5.11 Å². The standard InChI is InChI=1S/C22H26BrNO3/c1-26-18-5-3-4-16(13-18)22(25,19-14-17(23)6-7-20(19)27-2)21-12-15-8-10-24(21)11-9-15/h3-7,13-15,21,25H,8-12H2,1-2H3/t21?,22-/m1/s1. The summed E-state index contributed by atoms with van der Waals surface area (Å²) < 4.78 is 12.0. The van der Waals surface area contributed by atoms with E-state index in [4.69, 9.17) is 9.47 Å². The number of benzene rings is 2. The van der Waals surface area contributed by atoms with Crippen LogP contribution in [0.2, 0.25) is 0 Å². The Labute approximate surface area is 169 Å². The van der Waals surface area contributed by atoms with Crippen molar-refractivity contribution in [1.82, 2.24) is 4.90 Å². The molecule has 0 spiro atoms. The fourth-order valence-corrected chi connectivity index (χ4v) is 5.13. The number of piperidine rings is 3. The van der Waals surface area contributed by atoms with E-state index < -0.39 is 5.60 Å². The highest BCUT2D eigenvalue weighted by atomic mass is 79.9. The fourth-order valence-electron chi connectivity index (χ4n) is 4.77. The molecule has 0 aliphatic carbocycles. The van der Waals surface area contributed by atoms with Crippen molar-refractivity contribution < 1.29 is 14.6 Å². The van der Waals surface area contributed by atoms with Gasteiger partial charge in [0.1, 0.15) is 17.1 Å². The Morgan fingerprint density at radius 3 is 2.48 bits per heavy atom. The molecule has 144 valence electrons. The lowest BCUT2D eigenvalue weighted by molar-refractivity contribution is -0.0755. The Morgan fingerprint density at radius 2 is 1.85 bits per heavy atom. The van der Waals surface area contributed by atoms with E-state index in [1.807, 2.05) is 42.5 Å². The molecule has 0 amide bonds. The third-order valence-electron chi connectivity index (χ3n) is 6.21. The van der Waals surface area contributed by atoms with Crippen molar-refractivity contribution in [3.8, 4) is 11.5 Å². The average molecular weight is 432 g/mol. The molecular formula is C22H26BrNO3. The maximum atomic E-state index is 12.4. The molecule has 5 heteroatoms. The molecule has 2 aromatic rings. The Bertz CT molecular complexity index is 819. The van der Waals surface area contributed by atoms with Gasteiger partial charge in [0.25, 0.3) is 0 Å². The molecule has 2 aromatic carbocycles.